The molecule has 0 bridgehead atoms. The highest BCUT2D eigenvalue weighted by Gasteiger charge is 2.24. The van der Waals surface area contributed by atoms with Crippen molar-refractivity contribution in [3.8, 4) is 0 Å². The molecular formula is C12H25NO. The maximum Gasteiger partial charge on any atom is 0.0606 e. The van der Waals surface area contributed by atoms with Gasteiger partial charge in [-0.05, 0) is 59.0 Å². The van der Waals surface area contributed by atoms with Crippen LogP contribution >= 0.6 is 0 Å². The second-order valence-corrected chi connectivity index (χ2v) is 5.58. The summed E-state index contributed by atoms with van der Waals surface area (Å²) in [5.74, 6) is 0.889. The molecule has 0 amide bonds. The second-order valence-electron chi connectivity index (χ2n) is 5.58. The first-order chi connectivity index (χ1) is 6.38. The zero-order chi connectivity index (χ0) is 10.8. The first-order valence-corrected chi connectivity index (χ1v) is 5.85. The lowest BCUT2D eigenvalue weighted by molar-refractivity contribution is 0.0295. The molecule has 1 aliphatic rings. The minimum atomic E-state index is -0.525. The number of rotatable bonds is 3. The molecule has 1 fully saturated rings. The highest BCUT2D eigenvalue weighted by molar-refractivity contribution is 4.79. The maximum absolute atomic E-state index is 9.74. The molecule has 1 unspecified atom stereocenters. The number of aliphatic hydroxyl groups is 1. The molecule has 0 spiro atoms. The van der Waals surface area contributed by atoms with Gasteiger partial charge in [0.05, 0.1) is 5.60 Å². The smallest absolute Gasteiger partial charge is 0.0606 e. The van der Waals surface area contributed by atoms with Gasteiger partial charge >= 0.3 is 0 Å². The van der Waals surface area contributed by atoms with Crippen LogP contribution in [-0.2, 0) is 0 Å². The van der Waals surface area contributed by atoms with E-state index in [0.29, 0.717) is 6.04 Å². The van der Waals surface area contributed by atoms with Crippen LogP contribution in [0.1, 0.15) is 47.0 Å². The average Bonchev–Trinajstić information content (AvgIpc) is 2.02. The first kappa shape index (κ1) is 12.0. The molecule has 1 saturated heterocycles. The van der Waals surface area contributed by atoms with E-state index in [-0.39, 0.29) is 0 Å². The molecule has 1 atom stereocenters. The van der Waals surface area contributed by atoms with E-state index in [0.717, 1.165) is 12.3 Å². The predicted octanol–water partition coefficient (Wildman–Crippen LogP) is 2.27. The molecule has 14 heavy (non-hydrogen) atoms. The minimum absolute atomic E-state index is 0.516. The van der Waals surface area contributed by atoms with E-state index in [9.17, 15) is 5.11 Å². The SMILES string of the molecule is CC1CCN(C(C)CC(C)(C)O)CC1. The highest BCUT2D eigenvalue weighted by Crippen LogP contribution is 2.22. The quantitative estimate of drug-likeness (QED) is 0.753. The summed E-state index contributed by atoms with van der Waals surface area (Å²) in [6, 6.07) is 0.516. The Morgan fingerprint density at radius 2 is 1.86 bits per heavy atom. The Balaban J connectivity index is 2.34. The van der Waals surface area contributed by atoms with E-state index in [1.54, 1.807) is 0 Å². The summed E-state index contributed by atoms with van der Waals surface area (Å²) in [5.41, 5.74) is -0.525. The molecular weight excluding hydrogens is 174 g/mol. The summed E-state index contributed by atoms with van der Waals surface area (Å²) in [6.07, 6.45) is 3.51. The number of hydrogen-bond donors (Lipinski definition) is 1. The molecule has 0 radical (unpaired) electrons. The predicted molar refractivity (Wildman–Crippen MR) is 60.3 cm³/mol. The van der Waals surface area contributed by atoms with Crippen molar-refractivity contribution in [1.29, 1.82) is 0 Å². The molecule has 1 aliphatic heterocycles. The van der Waals surface area contributed by atoms with Gasteiger partial charge in [-0.25, -0.2) is 0 Å². The lowest BCUT2D eigenvalue weighted by Gasteiger charge is -2.37. The fourth-order valence-electron chi connectivity index (χ4n) is 2.32. The molecule has 1 heterocycles. The monoisotopic (exact) mass is 199 g/mol. The van der Waals surface area contributed by atoms with Crippen LogP contribution in [0.15, 0.2) is 0 Å². The van der Waals surface area contributed by atoms with Crippen LogP contribution < -0.4 is 0 Å². The zero-order valence-electron chi connectivity index (χ0n) is 10.1. The normalized spacial score (nSPS) is 23.8. The molecule has 0 aromatic heterocycles. The number of likely N-dealkylation sites (tertiary alicyclic amines) is 1. The molecule has 0 aromatic carbocycles. The Kier molecular flexibility index (Phi) is 3.96. The van der Waals surface area contributed by atoms with Crippen LogP contribution in [-0.4, -0.2) is 34.7 Å². The van der Waals surface area contributed by atoms with E-state index in [4.69, 9.17) is 0 Å². The van der Waals surface area contributed by atoms with Gasteiger partial charge in [0.1, 0.15) is 0 Å². The largest absolute Gasteiger partial charge is 0.390 e. The van der Waals surface area contributed by atoms with Gasteiger partial charge in [0, 0.05) is 6.04 Å². The Morgan fingerprint density at radius 1 is 1.36 bits per heavy atom. The van der Waals surface area contributed by atoms with Crippen molar-refractivity contribution in [3.05, 3.63) is 0 Å². The summed E-state index contributed by atoms with van der Waals surface area (Å²) in [7, 11) is 0. The van der Waals surface area contributed by atoms with E-state index >= 15 is 0 Å². The van der Waals surface area contributed by atoms with Gasteiger partial charge in [-0.3, -0.25) is 0 Å². The van der Waals surface area contributed by atoms with E-state index in [2.05, 4.69) is 18.7 Å². The minimum Gasteiger partial charge on any atom is -0.390 e. The van der Waals surface area contributed by atoms with Crippen molar-refractivity contribution in [1.82, 2.24) is 4.90 Å². The van der Waals surface area contributed by atoms with Gasteiger partial charge < -0.3 is 10.0 Å². The third-order valence-corrected chi connectivity index (χ3v) is 3.24. The number of hydrogen-bond acceptors (Lipinski definition) is 2. The van der Waals surface area contributed by atoms with Gasteiger partial charge in [0.25, 0.3) is 0 Å². The van der Waals surface area contributed by atoms with Crippen LogP contribution in [0.5, 0.6) is 0 Å². The van der Waals surface area contributed by atoms with Crippen LogP contribution in [0, 0.1) is 5.92 Å². The number of piperidine rings is 1. The van der Waals surface area contributed by atoms with Crippen molar-refractivity contribution in [3.63, 3.8) is 0 Å². The van der Waals surface area contributed by atoms with Crippen LogP contribution in [0.3, 0.4) is 0 Å². The van der Waals surface area contributed by atoms with Gasteiger partial charge in [-0.15, -0.1) is 0 Å². The summed E-state index contributed by atoms with van der Waals surface area (Å²) in [6.45, 7) is 10.8. The van der Waals surface area contributed by atoms with Gasteiger partial charge in [0.2, 0.25) is 0 Å². The van der Waals surface area contributed by atoms with Crippen molar-refractivity contribution >= 4 is 0 Å². The molecule has 84 valence electrons. The van der Waals surface area contributed by atoms with E-state index in [1.165, 1.54) is 25.9 Å². The van der Waals surface area contributed by atoms with Gasteiger partial charge in [-0.2, -0.15) is 0 Å². The van der Waals surface area contributed by atoms with E-state index in [1.807, 2.05) is 13.8 Å². The van der Waals surface area contributed by atoms with Gasteiger partial charge in [-0.1, -0.05) is 6.92 Å². The molecule has 0 aromatic rings. The second kappa shape index (κ2) is 4.63. The maximum atomic E-state index is 9.74. The first-order valence-electron chi connectivity index (χ1n) is 5.85. The van der Waals surface area contributed by atoms with Crippen molar-refractivity contribution in [2.45, 2.75) is 58.6 Å². The fraction of sp³-hybridized carbons (Fsp3) is 1.00. The van der Waals surface area contributed by atoms with Gasteiger partial charge in [0.15, 0.2) is 0 Å². The Bertz CT molecular complexity index is 166. The highest BCUT2D eigenvalue weighted by atomic mass is 16.3. The fourth-order valence-corrected chi connectivity index (χ4v) is 2.32. The van der Waals surface area contributed by atoms with Crippen molar-refractivity contribution < 1.29 is 5.11 Å². The van der Waals surface area contributed by atoms with Crippen LogP contribution in [0.25, 0.3) is 0 Å². The van der Waals surface area contributed by atoms with E-state index < -0.39 is 5.60 Å². The molecule has 1 N–H and O–H groups in total. The Morgan fingerprint density at radius 3 is 2.29 bits per heavy atom. The summed E-state index contributed by atoms with van der Waals surface area (Å²) in [5, 5.41) is 9.74. The lowest BCUT2D eigenvalue weighted by atomic mass is 9.94. The van der Waals surface area contributed by atoms with Crippen LogP contribution in [0.2, 0.25) is 0 Å². The summed E-state index contributed by atoms with van der Waals surface area (Å²) < 4.78 is 0. The molecule has 2 nitrogen and oxygen atoms in total. The third kappa shape index (κ3) is 3.97. The third-order valence-electron chi connectivity index (χ3n) is 3.24. The van der Waals surface area contributed by atoms with Crippen molar-refractivity contribution in [2.75, 3.05) is 13.1 Å². The molecule has 0 saturated carbocycles. The number of nitrogens with zero attached hydrogens (tertiary/aromatic N) is 1. The van der Waals surface area contributed by atoms with Crippen LogP contribution in [0.4, 0.5) is 0 Å². The zero-order valence-corrected chi connectivity index (χ0v) is 10.1. The van der Waals surface area contributed by atoms with Crippen molar-refractivity contribution in [2.24, 2.45) is 5.92 Å². The topological polar surface area (TPSA) is 23.5 Å². The Hall–Kier alpha value is -0.0800. The molecule has 2 heteroatoms. The molecule has 0 aliphatic carbocycles. The standard InChI is InChI=1S/C12H25NO/c1-10-5-7-13(8-6-10)11(2)9-12(3,4)14/h10-11,14H,5-9H2,1-4H3. The average molecular weight is 199 g/mol. The lowest BCUT2D eigenvalue weighted by Crippen LogP contribution is -2.42. The Labute approximate surface area is 88.3 Å². The summed E-state index contributed by atoms with van der Waals surface area (Å²) in [4.78, 5) is 2.51. The molecule has 1 rings (SSSR count). The summed E-state index contributed by atoms with van der Waals surface area (Å²) >= 11 is 0.